The molecule has 1 saturated heterocycles. The highest BCUT2D eigenvalue weighted by Gasteiger charge is 2.27. The van der Waals surface area contributed by atoms with Gasteiger partial charge in [0.1, 0.15) is 0 Å². The fraction of sp³-hybridized carbons (Fsp3) is 0.200. The summed E-state index contributed by atoms with van der Waals surface area (Å²) in [5, 5.41) is 11.9. The Kier molecular flexibility index (Phi) is 4.84. The number of nitrogens with zero attached hydrogens (tertiary/aromatic N) is 2. The molecule has 1 atom stereocenters. The van der Waals surface area contributed by atoms with Crippen LogP contribution in [-0.2, 0) is 9.84 Å². The fourth-order valence-corrected chi connectivity index (χ4v) is 5.29. The Morgan fingerprint density at radius 1 is 1.11 bits per heavy atom. The standard InChI is InChI=1S/C20H17BrN2O4S/c21-13-5-7-15(8-6-13)23-19(24)17-4-2-1-3-16(17)18(20(23)25)11-22-14-9-10-28(26,27)12-14/h1-8,11,14,25H,9-10,12H2. The van der Waals surface area contributed by atoms with E-state index in [-0.39, 0.29) is 29.0 Å². The van der Waals surface area contributed by atoms with Crippen LogP contribution in [0.25, 0.3) is 16.5 Å². The van der Waals surface area contributed by atoms with Gasteiger partial charge in [-0.15, -0.1) is 0 Å². The van der Waals surface area contributed by atoms with Gasteiger partial charge in [0.15, 0.2) is 9.84 Å². The minimum absolute atomic E-state index is 0.00848. The molecule has 0 bridgehead atoms. The minimum Gasteiger partial charge on any atom is -0.494 e. The van der Waals surface area contributed by atoms with Gasteiger partial charge in [0.2, 0.25) is 5.88 Å². The lowest BCUT2D eigenvalue weighted by molar-refractivity contribution is 0.436. The van der Waals surface area contributed by atoms with Gasteiger partial charge in [0.25, 0.3) is 5.56 Å². The third-order valence-electron chi connectivity index (χ3n) is 4.81. The summed E-state index contributed by atoms with van der Waals surface area (Å²) in [5.74, 6) is -0.0927. The number of hydrogen-bond acceptors (Lipinski definition) is 5. The first kappa shape index (κ1) is 18.9. The van der Waals surface area contributed by atoms with Crippen molar-refractivity contribution in [2.45, 2.75) is 12.5 Å². The lowest BCUT2D eigenvalue weighted by atomic mass is 10.1. The highest BCUT2D eigenvalue weighted by Crippen LogP contribution is 2.27. The fourth-order valence-electron chi connectivity index (χ4n) is 3.39. The normalized spacial score (nSPS) is 18.8. The SMILES string of the molecule is O=c1c2ccccc2c(C=NC2CCS(=O)(=O)C2)c(O)n1-c1ccc(Br)cc1. The van der Waals surface area contributed by atoms with E-state index >= 15 is 0 Å². The molecular formula is C20H17BrN2O4S. The monoisotopic (exact) mass is 460 g/mol. The quantitative estimate of drug-likeness (QED) is 0.608. The molecule has 144 valence electrons. The van der Waals surface area contributed by atoms with Crippen LogP contribution in [0.4, 0.5) is 0 Å². The van der Waals surface area contributed by atoms with Crippen LogP contribution >= 0.6 is 15.9 Å². The number of pyridine rings is 1. The first-order valence-corrected chi connectivity index (χ1v) is 11.3. The van der Waals surface area contributed by atoms with Crippen LogP contribution in [0, 0.1) is 0 Å². The molecule has 8 heteroatoms. The molecule has 0 spiro atoms. The van der Waals surface area contributed by atoms with Crippen LogP contribution in [0.1, 0.15) is 12.0 Å². The zero-order chi connectivity index (χ0) is 19.9. The van der Waals surface area contributed by atoms with Crippen molar-refractivity contribution in [3.05, 3.63) is 68.9 Å². The van der Waals surface area contributed by atoms with Crippen molar-refractivity contribution in [3.63, 3.8) is 0 Å². The van der Waals surface area contributed by atoms with Crippen molar-refractivity contribution < 1.29 is 13.5 Å². The van der Waals surface area contributed by atoms with Gasteiger partial charge in [0, 0.05) is 21.5 Å². The number of rotatable bonds is 3. The van der Waals surface area contributed by atoms with Crippen molar-refractivity contribution in [3.8, 4) is 11.6 Å². The Labute approximate surface area is 170 Å². The van der Waals surface area contributed by atoms with E-state index in [0.717, 1.165) is 4.47 Å². The second-order valence-electron chi connectivity index (χ2n) is 6.73. The van der Waals surface area contributed by atoms with E-state index in [1.54, 1.807) is 48.5 Å². The Balaban J connectivity index is 1.90. The summed E-state index contributed by atoms with van der Waals surface area (Å²) in [4.78, 5) is 17.4. The predicted octanol–water partition coefficient (Wildman–Crippen LogP) is 3.06. The number of aromatic hydroxyl groups is 1. The highest BCUT2D eigenvalue weighted by atomic mass is 79.9. The van der Waals surface area contributed by atoms with Gasteiger partial charge in [-0.3, -0.25) is 9.79 Å². The second-order valence-corrected chi connectivity index (χ2v) is 9.88. The van der Waals surface area contributed by atoms with E-state index in [2.05, 4.69) is 20.9 Å². The summed E-state index contributed by atoms with van der Waals surface area (Å²) in [7, 11) is -3.05. The number of halogens is 1. The highest BCUT2D eigenvalue weighted by molar-refractivity contribution is 9.10. The molecule has 1 aromatic heterocycles. The van der Waals surface area contributed by atoms with Gasteiger partial charge in [-0.05, 0) is 36.8 Å². The molecule has 28 heavy (non-hydrogen) atoms. The van der Waals surface area contributed by atoms with Gasteiger partial charge in [-0.2, -0.15) is 0 Å². The molecular weight excluding hydrogens is 444 g/mol. The lowest BCUT2D eigenvalue weighted by Gasteiger charge is -2.14. The number of hydrogen-bond donors (Lipinski definition) is 1. The summed E-state index contributed by atoms with van der Waals surface area (Å²) in [5.41, 5.74) is 0.577. The number of aliphatic imine (C=N–C) groups is 1. The zero-order valence-corrected chi connectivity index (χ0v) is 17.1. The largest absolute Gasteiger partial charge is 0.494 e. The lowest BCUT2D eigenvalue weighted by Crippen LogP contribution is -2.20. The number of sulfone groups is 1. The maximum absolute atomic E-state index is 13.0. The van der Waals surface area contributed by atoms with Crippen LogP contribution in [0.5, 0.6) is 5.88 Å². The van der Waals surface area contributed by atoms with Crippen molar-refractivity contribution in [1.82, 2.24) is 4.57 Å². The Bertz CT molecular complexity index is 1250. The van der Waals surface area contributed by atoms with Crippen molar-refractivity contribution in [1.29, 1.82) is 0 Å². The smallest absolute Gasteiger partial charge is 0.265 e. The molecule has 0 radical (unpaired) electrons. The van der Waals surface area contributed by atoms with E-state index in [9.17, 15) is 18.3 Å². The van der Waals surface area contributed by atoms with Gasteiger partial charge in [-0.25, -0.2) is 13.0 Å². The third kappa shape index (κ3) is 3.49. The Hall–Kier alpha value is -2.45. The Morgan fingerprint density at radius 3 is 2.43 bits per heavy atom. The van der Waals surface area contributed by atoms with Gasteiger partial charge >= 0.3 is 0 Å². The maximum Gasteiger partial charge on any atom is 0.265 e. The molecule has 1 fully saturated rings. The molecule has 0 amide bonds. The molecule has 2 heterocycles. The molecule has 3 aromatic rings. The van der Waals surface area contributed by atoms with Gasteiger partial charge in [0.05, 0.1) is 28.8 Å². The van der Waals surface area contributed by atoms with Crippen LogP contribution in [0.3, 0.4) is 0 Å². The second kappa shape index (κ2) is 7.18. The summed E-state index contributed by atoms with van der Waals surface area (Å²) >= 11 is 3.36. The first-order chi connectivity index (χ1) is 13.4. The molecule has 0 saturated carbocycles. The molecule has 4 rings (SSSR count). The summed E-state index contributed by atoms with van der Waals surface area (Å²) in [6, 6.07) is 13.7. The third-order valence-corrected chi connectivity index (χ3v) is 7.09. The average molecular weight is 461 g/mol. The van der Waals surface area contributed by atoms with E-state index in [0.29, 0.717) is 28.4 Å². The van der Waals surface area contributed by atoms with Crippen LogP contribution < -0.4 is 5.56 Å². The predicted molar refractivity (Wildman–Crippen MR) is 114 cm³/mol. The summed E-state index contributed by atoms with van der Waals surface area (Å²) in [6.45, 7) is 0. The Morgan fingerprint density at radius 2 is 1.79 bits per heavy atom. The number of benzene rings is 2. The van der Waals surface area contributed by atoms with Crippen molar-refractivity contribution in [2.75, 3.05) is 11.5 Å². The summed E-state index contributed by atoms with van der Waals surface area (Å²) < 4.78 is 25.4. The molecule has 1 N–H and O–H groups in total. The summed E-state index contributed by atoms with van der Waals surface area (Å²) in [6.07, 6.45) is 1.95. The van der Waals surface area contributed by atoms with Crippen LogP contribution in [-0.4, -0.2) is 41.9 Å². The number of aromatic nitrogens is 1. The van der Waals surface area contributed by atoms with E-state index in [1.165, 1.54) is 10.8 Å². The van der Waals surface area contributed by atoms with Crippen molar-refractivity contribution in [2.24, 2.45) is 4.99 Å². The van der Waals surface area contributed by atoms with E-state index < -0.39 is 9.84 Å². The zero-order valence-electron chi connectivity index (χ0n) is 14.7. The molecule has 1 unspecified atom stereocenters. The van der Waals surface area contributed by atoms with Gasteiger partial charge < -0.3 is 5.11 Å². The number of fused-ring (bicyclic) bond motifs is 1. The van der Waals surface area contributed by atoms with Crippen LogP contribution in [0.2, 0.25) is 0 Å². The van der Waals surface area contributed by atoms with Crippen LogP contribution in [0.15, 0.2) is 62.8 Å². The van der Waals surface area contributed by atoms with E-state index in [1.807, 2.05) is 0 Å². The molecule has 1 aliphatic heterocycles. The minimum atomic E-state index is -3.05. The topological polar surface area (TPSA) is 88.7 Å². The first-order valence-electron chi connectivity index (χ1n) is 8.72. The molecule has 0 aliphatic carbocycles. The molecule has 6 nitrogen and oxygen atoms in total. The maximum atomic E-state index is 13.0. The average Bonchev–Trinajstić information content (AvgIpc) is 3.02. The molecule has 1 aliphatic rings. The molecule has 2 aromatic carbocycles. The van der Waals surface area contributed by atoms with Crippen molar-refractivity contribution >= 4 is 42.8 Å². The van der Waals surface area contributed by atoms with Gasteiger partial charge in [-0.1, -0.05) is 34.1 Å². The van der Waals surface area contributed by atoms with E-state index in [4.69, 9.17) is 0 Å².